The minimum atomic E-state index is 0.106. The Morgan fingerprint density at radius 1 is 1.17 bits per heavy atom. The third-order valence-electron chi connectivity index (χ3n) is 2.74. The summed E-state index contributed by atoms with van der Waals surface area (Å²) in [6.45, 7) is 6.64. The van der Waals surface area contributed by atoms with Crippen LogP contribution in [0.3, 0.4) is 0 Å². The average Bonchev–Trinajstić information content (AvgIpc) is 2.77. The third kappa shape index (κ3) is 2.90. The molecule has 2 aromatic rings. The zero-order valence-electron chi connectivity index (χ0n) is 10.9. The van der Waals surface area contributed by atoms with Crippen LogP contribution in [-0.4, -0.2) is 16.1 Å². The van der Waals surface area contributed by atoms with E-state index in [-0.39, 0.29) is 5.41 Å². The first-order chi connectivity index (χ1) is 8.52. The molecule has 1 heterocycles. The number of rotatable bonds is 3. The van der Waals surface area contributed by atoms with E-state index in [1.807, 2.05) is 6.07 Å². The Balaban J connectivity index is 2.43. The molecule has 96 valence electrons. The third-order valence-corrected chi connectivity index (χ3v) is 3.95. The fourth-order valence-electron chi connectivity index (χ4n) is 1.87. The van der Waals surface area contributed by atoms with E-state index < -0.39 is 0 Å². The lowest BCUT2D eigenvalue weighted by Gasteiger charge is -2.21. The molecule has 0 radical (unpaired) electrons. The molecule has 4 heteroatoms. The molecule has 0 unspecified atom stereocenters. The molecule has 2 rings (SSSR count). The van der Waals surface area contributed by atoms with Crippen molar-refractivity contribution in [2.45, 2.75) is 32.6 Å². The highest BCUT2D eigenvalue weighted by molar-refractivity contribution is 7.14. The Bertz CT molecular complexity index is 529. The van der Waals surface area contributed by atoms with Crippen LogP contribution in [0.5, 0.6) is 0 Å². The van der Waals surface area contributed by atoms with Crippen LogP contribution in [-0.2, 0) is 11.8 Å². The van der Waals surface area contributed by atoms with Crippen LogP contribution in [0.15, 0.2) is 24.3 Å². The van der Waals surface area contributed by atoms with Gasteiger partial charge in [0.1, 0.15) is 10.0 Å². The van der Waals surface area contributed by atoms with Crippen LogP contribution in [0.4, 0.5) is 0 Å². The Labute approximate surface area is 117 Å². The summed E-state index contributed by atoms with van der Waals surface area (Å²) in [5.41, 5.74) is 2.59. The van der Waals surface area contributed by atoms with E-state index in [2.05, 4.69) is 49.2 Å². The second kappa shape index (κ2) is 5.37. The fourth-order valence-corrected chi connectivity index (χ4v) is 3.04. The van der Waals surface area contributed by atoms with Crippen molar-refractivity contribution in [3.05, 3.63) is 34.8 Å². The molecule has 0 atom stereocenters. The smallest absolute Gasteiger partial charge is 0.143 e. The first kappa shape index (κ1) is 13.5. The molecule has 0 amide bonds. The standard InChI is InChI=1S/C14H17ClN2S/c1-14(2,3)11-7-5-4-6-10(11)13-17-16-12(18-13)8-9-15/h4-7H,8-9H2,1-3H3. The highest BCUT2D eigenvalue weighted by Gasteiger charge is 2.20. The van der Waals surface area contributed by atoms with Gasteiger partial charge in [0.15, 0.2) is 0 Å². The molecule has 0 spiro atoms. The second-order valence-corrected chi connectivity index (χ2v) is 6.68. The first-order valence-corrected chi connectivity index (χ1v) is 7.35. The maximum Gasteiger partial charge on any atom is 0.148 e. The van der Waals surface area contributed by atoms with Crippen molar-refractivity contribution >= 4 is 22.9 Å². The Hall–Kier alpha value is -0.930. The summed E-state index contributed by atoms with van der Waals surface area (Å²) in [6.07, 6.45) is 0.789. The van der Waals surface area contributed by atoms with Crippen LogP contribution in [0.2, 0.25) is 0 Å². The van der Waals surface area contributed by atoms with Gasteiger partial charge in [0.05, 0.1) is 0 Å². The molecule has 1 aromatic heterocycles. The van der Waals surface area contributed by atoms with Crippen LogP contribution in [0.1, 0.15) is 31.3 Å². The Morgan fingerprint density at radius 2 is 1.89 bits per heavy atom. The Kier molecular flexibility index (Phi) is 4.03. The number of aromatic nitrogens is 2. The van der Waals surface area contributed by atoms with E-state index in [0.717, 1.165) is 16.4 Å². The monoisotopic (exact) mass is 280 g/mol. The minimum absolute atomic E-state index is 0.106. The van der Waals surface area contributed by atoms with E-state index in [4.69, 9.17) is 11.6 Å². The fraction of sp³-hybridized carbons (Fsp3) is 0.429. The molecule has 0 aliphatic rings. The van der Waals surface area contributed by atoms with Crippen LogP contribution < -0.4 is 0 Å². The molecule has 2 nitrogen and oxygen atoms in total. The summed E-state index contributed by atoms with van der Waals surface area (Å²) < 4.78 is 0. The number of alkyl halides is 1. The molecule has 0 bridgehead atoms. The lowest BCUT2D eigenvalue weighted by atomic mass is 9.84. The van der Waals surface area contributed by atoms with Gasteiger partial charge in [-0.3, -0.25) is 0 Å². The summed E-state index contributed by atoms with van der Waals surface area (Å²) >= 11 is 7.37. The van der Waals surface area contributed by atoms with Crippen molar-refractivity contribution in [3.63, 3.8) is 0 Å². The molecular formula is C14H17ClN2S. The van der Waals surface area contributed by atoms with Gasteiger partial charge in [-0.2, -0.15) is 0 Å². The SMILES string of the molecule is CC(C)(C)c1ccccc1-c1nnc(CCCl)s1. The van der Waals surface area contributed by atoms with E-state index in [1.165, 1.54) is 11.1 Å². The largest absolute Gasteiger partial charge is 0.148 e. The zero-order valence-corrected chi connectivity index (χ0v) is 12.5. The molecule has 0 saturated heterocycles. The van der Waals surface area contributed by atoms with Gasteiger partial charge in [0.2, 0.25) is 0 Å². The number of hydrogen-bond donors (Lipinski definition) is 0. The highest BCUT2D eigenvalue weighted by atomic mass is 35.5. The molecule has 18 heavy (non-hydrogen) atoms. The predicted octanol–water partition coefficient (Wildman–Crippen LogP) is 4.28. The van der Waals surface area contributed by atoms with E-state index in [1.54, 1.807) is 11.3 Å². The normalized spacial score (nSPS) is 11.8. The molecule has 0 aliphatic heterocycles. The molecule has 0 aliphatic carbocycles. The van der Waals surface area contributed by atoms with Crippen LogP contribution in [0.25, 0.3) is 10.6 Å². The van der Waals surface area contributed by atoms with Crippen molar-refractivity contribution in [1.82, 2.24) is 10.2 Å². The van der Waals surface area contributed by atoms with Crippen molar-refractivity contribution < 1.29 is 0 Å². The quantitative estimate of drug-likeness (QED) is 0.784. The summed E-state index contributed by atoms with van der Waals surface area (Å²) in [5, 5.41) is 10.5. The number of benzene rings is 1. The molecule has 1 aromatic carbocycles. The number of hydrogen-bond acceptors (Lipinski definition) is 3. The molecule has 0 N–H and O–H groups in total. The maximum absolute atomic E-state index is 5.73. The van der Waals surface area contributed by atoms with Gasteiger partial charge in [0.25, 0.3) is 0 Å². The second-order valence-electron chi connectivity index (χ2n) is 5.24. The average molecular weight is 281 g/mol. The van der Waals surface area contributed by atoms with Gasteiger partial charge in [-0.05, 0) is 11.0 Å². The minimum Gasteiger partial charge on any atom is -0.143 e. The van der Waals surface area contributed by atoms with Crippen molar-refractivity contribution in [1.29, 1.82) is 0 Å². The van der Waals surface area contributed by atoms with Gasteiger partial charge in [-0.25, -0.2) is 0 Å². The van der Waals surface area contributed by atoms with Gasteiger partial charge in [-0.1, -0.05) is 56.4 Å². The van der Waals surface area contributed by atoms with Crippen LogP contribution >= 0.6 is 22.9 Å². The van der Waals surface area contributed by atoms with Gasteiger partial charge in [-0.15, -0.1) is 21.8 Å². The number of halogens is 1. The van der Waals surface area contributed by atoms with Crippen molar-refractivity contribution in [2.75, 3.05) is 5.88 Å². The molecule has 0 saturated carbocycles. The van der Waals surface area contributed by atoms with E-state index in [9.17, 15) is 0 Å². The van der Waals surface area contributed by atoms with Gasteiger partial charge < -0.3 is 0 Å². The summed E-state index contributed by atoms with van der Waals surface area (Å²) in [7, 11) is 0. The molecular weight excluding hydrogens is 264 g/mol. The van der Waals surface area contributed by atoms with Gasteiger partial charge in [0, 0.05) is 17.9 Å². The zero-order chi connectivity index (χ0) is 13.2. The van der Waals surface area contributed by atoms with Crippen LogP contribution in [0, 0.1) is 0 Å². The highest BCUT2D eigenvalue weighted by Crippen LogP contribution is 2.34. The number of aryl methyl sites for hydroxylation is 1. The summed E-state index contributed by atoms with van der Waals surface area (Å²) in [6, 6.07) is 8.40. The lowest BCUT2D eigenvalue weighted by molar-refractivity contribution is 0.592. The summed E-state index contributed by atoms with van der Waals surface area (Å²) in [4.78, 5) is 0. The first-order valence-electron chi connectivity index (χ1n) is 6.00. The van der Waals surface area contributed by atoms with Crippen molar-refractivity contribution in [3.8, 4) is 10.6 Å². The molecule has 0 fully saturated rings. The Morgan fingerprint density at radius 3 is 2.56 bits per heavy atom. The predicted molar refractivity (Wildman–Crippen MR) is 78.5 cm³/mol. The maximum atomic E-state index is 5.73. The summed E-state index contributed by atoms with van der Waals surface area (Å²) in [5.74, 6) is 0.593. The van der Waals surface area contributed by atoms with E-state index >= 15 is 0 Å². The topological polar surface area (TPSA) is 25.8 Å². The number of nitrogens with zero attached hydrogens (tertiary/aromatic N) is 2. The lowest BCUT2D eigenvalue weighted by Crippen LogP contribution is -2.12. The van der Waals surface area contributed by atoms with E-state index in [0.29, 0.717) is 5.88 Å². The van der Waals surface area contributed by atoms with Crippen molar-refractivity contribution in [2.24, 2.45) is 0 Å². The van der Waals surface area contributed by atoms with Gasteiger partial charge >= 0.3 is 0 Å².